The maximum atomic E-state index is 14.9. The number of carbonyl (C=O) groups excluding carboxylic acids is 1. The summed E-state index contributed by atoms with van der Waals surface area (Å²) in [7, 11) is 0. The lowest BCUT2D eigenvalue weighted by molar-refractivity contribution is 0.0745. The molecule has 1 aliphatic heterocycles. The number of aromatic amines is 1. The molecule has 1 aromatic carbocycles. The van der Waals surface area contributed by atoms with Crippen LogP contribution in [0.3, 0.4) is 0 Å². The molecular weight excluding hydrogens is 281 g/mol. The first-order valence-corrected chi connectivity index (χ1v) is 6.56. The van der Waals surface area contributed by atoms with Crippen LogP contribution >= 0.6 is 0 Å². The average molecular weight is 294 g/mol. The molecule has 1 atom stereocenters. The molecular formula is C15H13F3N2O. The number of alkyl halides is 1. The molecule has 1 unspecified atom stereocenters. The molecule has 1 amide bonds. The zero-order valence-corrected chi connectivity index (χ0v) is 11.1. The Labute approximate surface area is 119 Å². The van der Waals surface area contributed by atoms with Gasteiger partial charge in [0, 0.05) is 25.2 Å². The molecule has 21 heavy (non-hydrogen) atoms. The molecule has 2 heterocycles. The van der Waals surface area contributed by atoms with E-state index in [1.54, 1.807) is 18.3 Å². The number of hydrogen-bond acceptors (Lipinski definition) is 1. The monoisotopic (exact) mass is 294 g/mol. The summed E-state index contributed by atoms with van der Waals surface area (Å²) in [6.07, 6.45) is 1.62. The van der Waals surface area contributed by atoms with Gasteiger partial charge in [-0.1, -0.05) is 0 Å². The zero-order chi connectivity index (χ0) is 15.0. The number of amides is 1. The summed E-state index contributed by atoms with van der Waals surface area (Å²) in [5, 5.41) is 0. The van der Waals surface area contributed by atoms with Crippen LogP contribution < -0.4 is 0 Å². The molecule has 0 spiro atoms. The Kier molecular flexibility index (Phi) is 3.23. The number of hydrogen-bond donors (Lipinski definition) is 1. The Balaban J connectivity index is 1.83. The molecule has 1 N–H and O–H groups in total. The molecule has 6 heteroatoms. The highest BCUT2D eigenvalue weighted by Gasteiger charge is 2.42. The molecule has 3 nitrogen and oxygen atoms in total. The van der Waals surface area contributed by atoms with E-state index in [0.717, 1.165) is 12.1 Å². The van der Waals surface area contributed by atoms with Gasteiger partial charge in [-0.25, -0.2) is 13.2 Å². The van der Waals surface area contributed by atoms with Gasteiger partial charge in [-0.2, -0.15) is 0 Å². The van der Waals surface area contributed by atoms with Crippen molar-refractivity contribution in [2.45, 2.75) is 12.1 Å². The van der Waals surface area contributed by atoms with Crippen molar-refractivity contribution >= 4 is 5.91 Å². The first kappa shape index (κ1) is 13.7. The fourth-order valence-corrected chi connectivity index (χ4v) is 2.63. The number of H-pyrrole nitrogens is 1. The lowest BCUT2D eigenvalue weighted by Gasteiger charge is -2.21. The third kappa shape index (κ3) is 2.53. The van der Waals surface area contributed by atoms with Gasteiger partial charge in [-0.15, -0.1) is 0 Å². The van der Waals surface area contributed by atoms with Gasteiger partial charge in [0.05, 0.1) is 6.54 Å². The maximum absolute atomic E-state index is 14.9. The van der Waals surface area contributed by atoms with Gasteiger partial charge in [0.25, 0.3) is 5.91 Å². The normalized spacial score (nSPS) is 21.8. The summed E-state index contributed by atoms with van der Waals surface area (Å²) >= 11 is 0. The lowest BCUT2D eigenvalue weighted by Crippen LogP contribution is -2.32. The summed E-state index contributed by atoms with van der Waals surface area (Å²) in [6.45, 7) is -0.0137. The Morgan fingerprint density at radius 1 is 1.24 bits per heavy atom. The minimum atomic E-state index is -1.93. The highest BCUT2D eigenvalue weighted by atomic mass is 19.1. The second kappa shape index (κ2) is 4.95. The molecule has 1 fully saturated rings. The van der Waals surface area contributed by atoms with Crippen LogP contribution in [0.2, 0.25) is 0 Å². The van der Waals surface area contributed by atoms with Crippen molar-refractivity contribution in [3.8, 4) is 0 Å². The summed E-state index contributed by atoms with van der Waals surface area (Å²) < 4.78 is 41.4. The van der Waals surface area contributed by atoms with Crippen LogP contribution in [-0.2, 0) is 5.67 Å². The molecule has 110 valence electrons. The van der Waals surface area contributed by atoms with Crippen molar-refractivity contribution in [2.75, 3.05) is 13.1 Å². The number of nitrogens with zero attached hydrogens (tertiary/aromatic N) is 1. The highest BCUT2D eigenvalue weighted by molar-refractivity contribution is 5.92. The summed E-state index contributed by atoms with van der Waals surface area (Å²) in [6, 6.07) is 5.93. The first-order valence-electron chi connectivity index (χ1n) is 6.56. The van der Waals surface area contributed by atoms with Crippen molar-refractivity contribution < 1.29 is 18.0 Å². The van der Waals surface area contributed by atoms with Gasteiger partial charge in [0.15, 0.2) is 5.67 Å². The highest BCUT2D eigenvalue weighted by Crippen LogP contribution is 2.37. The standard InChI is InChI=1S/C15H13F3N2O/c16-11-6-10(7-12(17)8-11)15(18)3-5-20(9-15)14(21)13-2-1-4-19-13/h1-2,4,6-8,19H,3,5,9H2. The van der Waals surface area contributed by atoms with Gasteiger partial charge < -0.3 is 9.88 Å². The van der Waals surface area contributed by atoms with Crippen LogP contribution in [0.4, 0.5) is 13.2 Å². The van der Waals surface area contributed by atoms with E-state index >= 15 is 0 Å². The second-order valence-electron chi connectivity index (χ2n) is 5.18. The number of carbonyl (C=O) groups is 1. The summed E-state index contributed by atoms with van der Waals surface area (Å²) in [5.74, 6) is -1.97. The number of halogens is 3. The van der Waals surface area contributed by atoms with E-state index in [2.05, 4.69) is 4.98 Å². The SMILES string of the molecule is O=C(c1ccc[nH]1)N1CCC(F)(c2cc(F)cc(F)c2)C1. The van der Waals surface area contributed by atoms with Gasteiger partial charge >= 0.3 is 0 Å². The molecule has 0 radical (unpaired) electrons. The first-order chi connectivity index (χ1) is 9.98. The Morgan fingerprint density at radius 3 is 2.57 bits per heavy atom. The van der Waals surface area contributed by atoms with Crippen molar-refractivity contribution in [1.29, 1.82) is 0 Å². The van der Waals surface area contributed by atoms with E-state index in [4.69, 9.17) is 0 Å². The smallest absolute Gasteiger partial charge is 0.270 e. The van der Waals surface area contributed by atoms with E-state index < -0.39 is 17.3 Å². The van der Waals surface area contributed by atoms with Crippen molar-refractivity contribution in [2.24, 2.45) is 0 Å². The van der Waals surface area contributed by atoms with Crippen molar-refractivity contribution in [3.63, 3.8) is 0 Å². The number of likely N-dealkylation sites (tertiary alicyclic amines) is 1. The van der Waals surface area contributed by atoms with Crippen LogP contribution in [0.25, 0.3) is 0 Å². The lowest BCUT2D eigenvalue weighted by atomic mass is 9.95. The largest absolute Gasteiger partial charge is 0.357 e. The van der Waals surface area contributed by atoms with Gasteiger partial charge in [-0.3, -0.25) is 4.79 Å². The minimum Gasteiger partial charge on any atom is -0.357 e. The van der Waals surface area contributed by atoms with Crippen LogP contribution in [0.5, 0.6) is 0 Å². The molecule has 2 aromatic rings. The Bertz CT molecular complexity index is 651. The van der Waals surface area contributed by atoms with Gasteiger partial charge in [0.1, 0.15) is 17.3 Å². The topological polar surface area (TPSA) is 36.1 Å². The van der Waals surface area contributed by atoms with E-state index in [1.807, 2.05) is 0 Å². The summed E-state index contributed by atoms with van der Waals surface area (Å²) in [5.41, 5.74) is -1.63. The van der Waals surface area contributed by atoms with E-state index in [9.17, 15) is 18.0 Å². The van der Waals surface area contributed by atoms with Crippen LogP contribution in [0.1, 0.15) is 22.5 Å². The molecule has 1 saturated heterocycles. The Morgan fingerprint density at radius 2 is 1.95 bits per heavy atom. The predicted molar refractivity (Wildman–Crippen MR) is 70.5 cm³/mol. The van der Waals surface area contributed by atoms with Crippen LogP contribution in [-0.4, -0.2) is 28.9 Å². The summed E-state index contributed by atoms with van der Waals surface area (Å²) in [4.78, 5) is 16.2. The second-order valence-corrected chi connectivity index (χ2v) is 5.18. The minimum absolute atomic E-state index is 0.0162. The van der Waals surface area contributed by atoms with Crippen LogP contribution in [0, 0.1) is 11.6 Å². The third-order valence-electron chi connectivity index (χ3n) is 3.71. The Hall–Kier alpha value is -2.24. The van der Waals surface area contributed by atoms with Crippen LogP contribution in [0.15, 0.2) is 36.5 Å². The number of rotatable bonds is 2. The fraction of sp³-hybridized carbons (Fsp3) is 0.267. The molecule has 0 aliphatic carbocycles. The average Bonchev–Trinajstić information content (AvgIpc) is 3.07. The molecule has 3 rings (SSSR count). The number of benzene rings is 1. The fourth-order valence-electron chi connectivity index (χ4n) is 2.63. The predicted octanol–water partition coefficient (Wildman–Crippen LogP) is 3.00. The zero-order valence-electron chi connectivity index (χ0n) is 11.1. The van der Waals surface area contributed by atoms with Crippen molar-refractivity contribution in [1.82, 2.24) is 9.88 Å². The third-order valence-corrected chi connectivity index (χ3v) is 3.71. The van der Waals surface area contributed by atoms with Gasteiger partial charge in [-0.05, 0) is 29.8 Å². The van der Waals surface area contributed by atoms with E-state index in [-0.39, 0.29) is 31.0 Å². The van der Waals surface area contributed by atoms with Crippen molar-refractivity contribution in [3.05, 3.63) is 59.4 Å². The van der Waals surface area contributed by atoms with E-state index in [1.165, 1.54) is 4.90 Å². The number of nitrogens with one attached hydrogen (secondary N) is 1. The molecule has 0 bridgehead atoms. The molecule has 1 aliphatic rings. The maximum Gasteiger partial charge on any atom is 0.270 e. The van der Waals surface area contributed by atoms with Gasteiger partial charge in [0.2, 0.25) is 0 Å². The number of aromatic nitrogens is 1. The quantitative estimate of drug-likeness (QED) is 0.908. The van der Waals surface area contributed by atoms with E-state index in [0.29, 0.717) is 11.8 Å². The molecule has 1 aromatic heterocycles. The molecule has 0 saturated carbocycles.